The van der Waals surface area contributed by atoms with Gasteiger partial charge in [-0.3, -0.25) is 0 Å². The molecule has 25 heavy (non-hydrogen) atoms. The molecule has 0 aliphatic carbocycles. The Balaban J connectivity index is 1.61. The molecule has 0 atom stereocenters. The van der Waals surface area contributed by atoms with Crippen molar-refractivity contribution in [2.45, 2.75) is 30.5 Å². The van der Waals surface area contributed by atoms with Crippen molar-refractivity contribution in [3.63, 3.8) is 0 Å². The summed E-state index contributed by atoms with van der Waals surface area (Å²) < 4.78 is 33.3. The highest BCUT2D eigenvalue weighted by Gasteiger charge is 2.30. The minimum absolute atomic E-state index is 0.304. The number of benzene rings is 1. The van der Waals surface area contributed by atoms with Gasteiger partial charge in [-0.25, -0.2) is 8.42 Å². The van der Waals surface area contributed by atoms with Crippen molar-refractivity contribution in [3.8, 4) is 11.5 Å². The molecular formula is C17H17N3O3S2. The largest absolute Gasteiger partial charge is 0.421 e. The molecule has 130 valence electrons. The summed E-state index contributed by atoms with van der Waals surface area (Å²) >= 11 is 1.19. The highest BCUT2D eigenvalue weighted by molar-refractivity contribution is 7.91. The lowest BCUT2D eigenvalue weighted by molar-refractivity contribution is 0.392. The van der Waals surface area contributed by atoms with E-state index in [0.717, 1.165) is 12.0 Å². The van der Waals surface area contributed by atoms with Crippen molar-refractivity contribution in [2.75, 3.05) is 6.54 Å². The Labute approximate surface area is 150 Å². The van der Waals surface area contributed by atoms with Crippen molar-refractivity contribution in [1.82, 2.24) is 14.5 Å². The topological polar surface area (TPSA) is 76.3 Å². The molecule has 3 aromatic rings. The predicted octanol–water partition coefficient (Wildman–Crippen LogP) is 3.11. The van der Waals surface area contributed by atoms with Crippen LogP contribution in [0.3, 0.4) is 0 Å². The summed E-state index contributed by atoms with van der Waals surface area (Å²) in [7, 11) is -3.53. The van der Waals surface area contributed by atoms with Gasteiger partial charge in [0.2, 0.25) is 11.8 Å². The summed E-state index contributed by atoms with van der Waals surface area (Å²) in [5.41, 5.74) is 2.94. The monoisotopic (exact) mass is 375 g/mol. The van der Waals surface area contributed by atoms with Crippen LogP contribution >= 0.6 is 11.3 Å². The zero-order chi connectivity index (χ0) is 17.4. The third-order valence-electron chi connectivity index (χ3n) is 4.28. The van der Waals surface area contributed by atoms with Crippen LogP contribution in [0.1, 0.15) is 23.9 Å². The van der Waals surface area contributed by atoms with Crippen molar-refractivity contribution in [3.05, 3.63) is 52.7 Å². The molecular weight excluding hydrogens is 358 g/mol. The molecule has 3 heterocycles. The number of fused-ring (bicyclic) bond motifs is 1. The lowest BCUT2D eigenvalue weighted by Gasteiger charge is -2.27. The van der Waals surface area contributed by atoms with Crippen LogP contribution in [0.25, 0.3) is 11.5 Å². The second-order valence-electron chi connectivity index (χ2n) is 5.87. The number of hydrogen-bond acceptors (Lipinski definition) is 6. The van der Waals surface area contributed by atoms with Crippen LogP contribution in [-0.2, 0) is 29.4 Å². The molecule has 0 bridgehead atoms. The zero-order valence-electron chi connectivity index (χ0n) is 13.7. The first kappa shape index (κ1) is 16.4. The summed E-state index contributed by atoms with van der Waals surface area (Å²) in [6, 6.07) is 9.60. The lowest BCUT2D eigenvalue weighted by Crippen LogP contribution is -2.35. The molecule has 0 spiro atoms. The summed E-state index contributed by atoms with van der Waals surface area (Å²) in [5.74, 6) is 0.900. The van der Waals surface area contributed by atoms with Crippen molar-refractivity contribution >= 4 is 21.4 Å². The predicted molar refractivity (Wildman–Crippen MR) is 94.7 cm³/mol. The van der Waals surface area contributed by atoms with E-state index in [1.807, 2.05) is 25.1 Å². The Hall–Kier alpha value is -2.03. The Bertz CT molecular complexity index is 1010. The first-order valence-electron chi connectivity index (χ1n) is 8.06. The molecule has 6 nitrogen and oxygen atoms in total. The normalized spacial score (nSPS) is 15.2. The molecule has 2 aromatic heterocycles. The number of hydrogen-bond donors (Lipinski definition) is 0. The molecule has 0 saturated carbocycles. The van der Waals surface area contributed by atoms with Crippen LogP contribution in [0.2, 0.25) is 0 Å². The van der Waals surface area contributed by atoms with Gasteiger partial charge in [-0.2, -0.15) is 4.31 Å². The lowest BCUT2D eigenvalue weighted by atomic mass is 10.0. The van der Waals surface area contributed by atoms with Crippen molar-refractivity contribution in [1.29, 1.82) is 0 Å². The van der Waals surface area contributed by atoms with E-state index in [0.29, 0.717) is 41.1 Å². The highest BCUT2D eigenvalue weighted by Crippen LogP contribution is 2.32. The maximum atomic E-state index is 13.0. The quantitative estimate of drug-likeness (QED) is 0.700. The van der Waals surface area contributed by atoms with Gasteiger partial charge >= 0.3 is 0 Å². The average Bonchev–Trinajstić information content (AvgIpc) is 3.30. The van der Waals surface area contributed by atoms with E-state index in [1.165, 1.54) is 21.2 Å². The second kappa shape index (κ2) is 6.36. The van der Waals surface area contributed by atoms with Gasteiger partial charge in [0, 0.05) is 24.9 Å². The van der Waals surface area contributed by atoms with Crippen LogP contribution in [-0.4, -0.2) is 29.5 Å². The van der Waals surface area contributed by atoms with Gasteiger partial charge in [0.25, 0.3) is 10.0 Å². The van der Waals surface area contributed by atoms with Crippen LogP contribution in [0, 0.1) is 0 Å². The maximum absolute atomic E-state index is 13.0. The van der Waals surface area contributed by atoms with Crippen molar-refractivity contribution < 1.29 is 12.8 Å². The molecule has 0 fully saturated rings. The fourth-order valence-electron chi connectivity index (χ4n) is 2.88. The van der Waals surface area contributed by atoms with Crippen LogP contribution < -0.4 is 0 Å². The third-order valence-corrected chi connectivity index (χ3v) is 7.54. The number of aromatic nitrogens is 2. The van der Waals surface area contributed by atoms with Gasteiger partial charge in [0.15, 0.2) is 0 Å². The Kier molecular flexibility index (Phi) is 4.18. The summed E-state index contributed by atoms with van der Waals surface area (Å²) in [4.78, 5) is 0. The number of rotatable bonds is 4. The zero-order valence-corrected chi connectivity index (χ0v) is 15.3. The number of sulfonamides is 1. The summed E-state index contributed by atoms with van der Waals surface area (Å²) in [6.07, 6.45) is 1.38. The van der Waals surface area contributed by atoms with Crippen LogP contribution in [0.4, 0.5) is 0 Å². The minimum atomic E-state index is -3.53. The van der Waals surface area contributed by atoms with Gasteiger partial charge in [-0.1, -0.05) is 31.2 Å². The maximum Gasteiger partial charge on any atom is 0.252 e. The van der Waals surface area contributed by atoms with Gasteiger partial charge in [-0.15, -0.1) is 21.5 Å². The molecule has 0 amide bonds. The van der Waals surface area contributed by atoms with Gasteiger partial charge in [0.05, 0.1) is 5.56 Å². The fourth-order valence-corrected chi connectivity index (χ4v) is 5.60. The molecule has 1 aliphatic rings. The smallest absolute Gasteiger partial charge is 0.252 e. The molecule has 8 heteroatoms. The first-order chi connectivity index (χ1) is 12.1. The SMILES string of the molecule is CCc1nnc(-c2csc(S(=O)(=O)N3CCc4ccccc4C3)c2)o1. The van der Waals surface area contributed by atoms with E-state index in [2.05, 4.69) is 16.3 Å². The first-order valence-corrected chi connectivity index (χ1v) is 10.4. The van der Waals surface area contributed by atoms with E-state index in [4.69, 9.17) is 4.42 Å². The van der Waals surface area contributed by atoms with E-state index in [-0.39, 0.29) is 0 Å². The molecule has 0 unspecified atom stereocenters. The van der Waals surface area contributed by atoms with Gasteiger partial charge in [-0.05, 0) is 23.6 Å². The highest BCUT2D eigenvalue weighted by atomic mass is 32.2. The third kappa shape index (κ3) is 3.01. The van der Waals surface area contributed by atoms with Crippen LogP contribution in [0.15, 0.2) is 44.3 Å². The molecule has 1 aliphatic heterocycles. The van der Waals surface area contributed by atoms with E-state index in [9.17, 15) is 8.42 Å². The minimum Gasteiger partial charge on any atom is -0.421 e. The fraction of sp³-hybridized carbons (Fsp3) is 0.294. The molecule has 1 aromatic carbocycles. The Morgan fingerprint density at radius 3 is 2.80 bits per heavy atom. The van der Waals surface area contributed by atoms with E-state index >= 15 is 0 Å². The molecule has 4 rings (SSSR count). The second-order valence-corrected chi connectivity index (χ2v) is 8.94. The summed E-state index contributed by atoms with van der Waals surface area (Å²) in [6.45, 7) is 2.83. The van der Waals surface area contributed by atoms with Gasteiger partial charge < -0.3 is 4.42 Å². The van der Waals surface area contributed by atoms with Gasteiger partial charge in [0.1, 0.15) is 4.21 Å². The van der Waals surface area contributed by atoms with E-state index < -0.39 is 10.0 Å². The number of thiophene rings is 1. The van der Waals surface area contributed by atoms with Crippen LogP contribution in [0.5, 0.6) is 0 Å². The summed E-state index contributed by atoms with van der Waals surface area (Å²) in [5, 5.41) is 9.65. The average molecular weight is 375 g/mol. The molecule has 0 N–H and O–H groups in total. The molecule has 0 saturated heterocycles. The number of aryl methyl sites for hydroxylation is 1. The van der Waals surface area contributed by atoms with Crippen molar-refractivity contribution in [2.24, 2.45) is 0 Å². The molecule has 0 radical (unpaired) electrons. The van der Waals surface area contributed by atoms with E-state index in [1.54, 1.807) is 11.4 Å². The Morgan fingerprint density at radius 2 is 2.04 bits per heavy atom. The standard InChI is InChI=1S/C17H17N3O3S2/c1-2-15-18-19-17(23-15)14-9-16(24-11-14)25(21,22)20-8-7-12-5-3-4-6-13(12)10-20/h3-6,9,11H,2,7-8,10H2,1H3. The number of nitrogens with zero attached hydrogens (tertiary/aromatic N) is 3. The Morgan fingerprint density at radius 1 is 1.24 bits per heavy atom.